The number of ether oxygens (including phenoxy) is 2. The number of benzene rings is 3. The van der Waals surface area contributed by atoms with Crippen molar-refractivity contribution in [1.29, 1.82) is 0 Å². The van der Waals surface area contributed by atoms with Crippen molar-refractivity contribution in [2.45, 2.75) is 0 Å². The van der Waals surface area contributed by atoms with E-state index in [2.05, 4.69) is 0 Å². The van der Waals surface area contributed by atoms with Crippen LogP contribution in [0.1, 0.15) is 26.3 Å². The molecule has 0 fully saturated rings. The van der Waals surface area contributed by atoms with Crippen molar-refractivity contribution >= 4 is 40.8 Å². The maximum Gasteiger partial charge on any atom is 0.231 e. The second kappa shape index (κ2) is 8.30. The summed E-state index contributed by atoms with van der Waals surface area (Å²) in [5.74, 6) is -0.291. The van der Waals surface area contributed by atoms with Gasteiger partial charge in [-0.15, -0.1) is 0 Å². The fourth-order valence-electron chi connectivity index (χ4n) is 2.90. The van der Waals surface area contributed by atoms with Crippen molar-refractivity contribution in [2.75, 3.05) is 6.61 Å². The number of ketones is 2. The smallest absolute Gasteiger partial charge is 0.231 e. The molecule has 0 aromatic heterocycles. The van der Waals surface area contributed by atoms with Gasteiger partial charge in [0.15, 0.2) is 18.1 Å². The van der Waals surface area contributed by atoms with E-state index in [0.717, 1.165) is 0 Å². The fraction of sp³-hybridized carbons (Fsp3) is 0.0435. The standard InChI is InChI=1S/C23H13Cl2FO4/c24-18-2-1-3-19(25)17(18)11-22-23(28)16-9-8-15(10-21(16)30-22)29-12-20(27)13-4-6-14(26)7-5-13/h1-11H,12H2/b22-11-. The molecule has 0 N–H and O–H groups in total. The highest BCUT2D eigenvalue weighted by atomic mass is 35.5. The first-order valence-corrected chi connectivity index (χ1v) is 9.62. The van der Waals surface area contributed by atoms with E-state index in [0.29, 0.717) is 38.2 Å². The molecule has 0 saturated heterocycles. The van der Waals surface area contributed by atoms with Crippen molar-refractivity contribution in [1.82, 2.24) is 0 Å². The second-order valence-corrected chi connectivity index (χ2v) is 7.27. The zero-order chi connectivity index (χ0) is 21.3. The minimum Gasteiger partial charge on any atom is -0.485 e. The van der Waals surface area contributed by atoms with Crippen LogP contribution in [0.4, 0.5) is 4.39 Å². The van der Waals surface area contributed by atoms with Crippen LogP contribution in [0.5, 0.6) is 11.5 Å². The van der Waals surface area contributed by atoms with Gasteiger partial charge in [-0.3, -0.25) is 9.59 Å². The first kappa shape index (κ1) is 20.1. The Bertz CT molecular complexity index is 1170. The number of Topliss-reactive ketones (excluding diaryl/α,β-unsaturated/α-hetero) is 2. The van der Waals surface area contributed by atoms with Crippen LogP contribution in [0.3, 0.4) is 0 Å². The van der Waals surface area contributed by atoms with Gasteiger partial charge in [-0.25, -0.2) is 4.39 Å². The van der Waals surface area contributed by atoms with Crippen molar-refractivity contribution < 1.29 is 23.5 Å². The van der Waals surface area contributed by atoms with E-state index in [4.69, 9.17) is 32.7 Å². The third-order valence-electron chi connectivity index (χ3n) is 4.45. The number of rotatable bonds is 5. The number of carbonyl (C=O) groups excluding carboxylic acids is 2. The number of halogens is 3. The summed E-state index contributed by atoms with van der Waals surface area (Å²) in [5.41, 5.74) is 1.19. The molecule has 0 amide bonds. The largest absolute Gasteiger partial charge is 0.485 e. The number of hydrogen-bond donors (Lipinski definition) is 0. The molecule has 3 aromatic carbocycles. The van der Waals surface area contributed by atoms with Gasteiger partial charge in [0.05, 0.1) is 5.56 Å². The van der Waals surface area contributed by atoms with Crippen LogP contribution in [-0.4, -0.2) is 18.2 Å². The first-order chi connectivity index (χ1) is 14.4. The lowest BCUT2D eigenvalue weighted by atomic mass is 10.1. The number of carbonyl (C=O) groups is 2. The van der Waals surface area contributed by atoms with Crippen LogP contribution in [-0.2, 0) is 0 Å². The molecule has 0 spiro atoms. The molecule has 1 aliphatic heterocycles. The van der Waals surface area contributed by atoms with E-state index >= 15 is 0 Å². The minimum atomic E-state index is -0.421. The minimum absolute atomic E-state index is 0.0829. The number of fused-ring (bicyclic) bond motifs is 1. The van der Waals surface area contributed by atoms with Crippen molar-refractivity contribution in [3.8, 4) is 11.5 Å². The Hall–Kier alpha value is -3.15. The second-order valence-electron chi connectivity index (χ2n) is 6.45. The summed E-state index contributed by atoms with van der Waals surface area (Å²) in [6, 6.07) is 14.9. The summed E-state index contributed by atoms with van der Waals surface area (Å²) in [4.78, 5) is 24.8. The topological polar surface area (TPSA) is 52.6 Å². The van der Waals surface area contributed by atoms with E-state index in [1.54, 1.807) is 30.3 Å². The maximum atomic E-state index is 13.0. The fourth-order valence-corrected chi connectivity index (χ4v) is 3.41. The Balaban J connectivity index is 1.50. The Morgan fingerprint density at radius 1 is 1.03 bits per heavy atom. The third-order valence-corrected chi connectivity index (χ3v) is 5.11. The highest BCUT2D eigenvalue weighted by Crippen LogP contribution is 2.36. The first-order valence-electron chi connectivity index (χ1n) is 8.86. The molecule has 3 aromatic rings. The third kappa shape index (κ3) is 4.08. The van der Waals surface area contributed by atoms with Crippen LogP contribution in [0.2, 0.25) is 10.0 Å². The molecule has 0 bridgehead atoms. The maximum absolute atomic E-state index is 13.0. The number of allylic oxidation sites excluding steroid dienone is 1. The lowest BCUT2D eigenvalue weighted by molar-refractivity contribution is 0.0920. The lowest BCUT2D eigenvalue weighted by Crippen LogP contribution is -2.11. The van der Waals surface area contributed by atoms with Crippen LogP contribution in [0.15, 0.2) is 66.4 Å². The molecule has 150 valence electrons. The van der Waals surface area contributed by atoms with Gasteiger partial charge >= 0.3 is 0 Å². The van der Waals surface area contributed by atoms with E-state index in [1.807, 2.05) is 0 Å². The van der Waals surface area contributed by atoms with Gasteiger partial charge in [0.2, 0.25) is 5.78 Å². The average Bonchev–Trinajstić information content (AvgIpc) is 3.04. The van der Waals surface area contributed by atoms with E-state index in [9.17, 15) is 14.0 Å². The summed E-state index contributed by atoms with van der Waals surface area (Å²) in [7, 11) is 0. The predicted octanol–water partition coefficient (Wildman–Crippen LogP) is 6.01. The Morgan fingerprint density at radius 3 is 2.43 bits per heavy atom. The molecule has 0 radical (unpaired) electrons. The molecule has 30 heavy (non-hydrogen) atoms. The summed E-state index contributed by atoms with van der Waals surface area (Å²) in [6.07, 6.45) is 1.49. The van der Waals surface area contributed by atoms with Crippen molar-refractivity contribution in [3.63, 3.8) is 0 Å². The monoisotopic (exact) mass is 442 g/mol. The molecule has 1 aliphatic rings. The summed E-state index contributed by atoms with van der Waals surface area (Å²) < 4.78 is 24.1. The van der Waals surface area contributed by atoms with Gasteiger partial charge in [0.25, 0.3) is 0 Å². The zero-order valence-corrected chi connectivity index (χ0v) is 16.8. The highest BCUT2D eigenvalue weighted by molar-refractivity contribution is 6.37. The molecular weight excluding hydrogens is 430 g/mol. The molecule has 4 rings (SSSR count). The molecular formula is C23H13Cl2FO4. The Labute approximate surface area is 181 Å². The molecule has 1 heterocycles. The molecule has 7 heteroatoms. The molecule has 4 nitrogen and oxygen atoms in total. The van der Waals surface area contributed by atoms with Crippen LogP contribution >= 0.6 is 23.2 Å². The van der Waals surface area contributed by atoms with Crippen LogP contribution in [0.25, 0.3) is 6.08 Å². The number of hydrogen-bond acceptors (Lipinski definition) is 4. The molecule has 0 atom stereocenters. The summed E-state index contributed by atoms with van der Waals surface area (Å²) >= 11 is 12.3. The quantitative estimate of drug-likeness (QED) is 0.358. The Kier molecular flexibility index (Phi) is 5.57. The zero-order valence-electron chi connectivity index (χ0n) is 15.3. The van der Waals surface area contributed by atoms with Gasteiger partial charge in [0.1, 0.15) is 17.3 Å². The predicted molar refractivity (Wildman–Crippen MR) is 112 cm³/mol. The van der Waals surface area contributed by atoms with Gasteiger partial charge in [0, 0.05) is 27.2 Å². The van der Waals surface area contributed by atoms with E-state index in [1.165, 1.54) is 36.4 Å². The van der Waals surface area contributed by atoms with Gasteiger partial charge in [-0.1, -0.05) is 29.3 Å². The van der Waals surface area contributed by atoms with Crippen molar-refractivity contribution in [2.24, 2.45) is 0 Å². The van der Waals surface area contributed by atoms with Crippen molar-refractivity contribution in [3.05, 3.63) is 99.0 Å². The van der Waals surface area contributed by atoms with Crippen LogP contribution in [0, 0.1) is 5.82 Å². The van der Waals surface area contributed by atoms with Gasteiger partial charge < -0.3 is 9.47 Å². The van der Waals surface area contributed by atoms with Crippen LogP contribution < -0.4 is 9.47 Å². The van der Waals surface area contributed by atoms with E-state index in [-0.39, 0.29) is 23.9 Å². The molecule has 0 aliphatic carbocycles. The average molecular weight is 443 g/mol. The summed E-state index contributed by atoms with van der Waals surface area (Å²) in [6.45, 7) is -0.240. The van der Waals surface area contributed by atoms with Gasteiger partial charge in [-0.2, -0.15) is 0 Å². The van der Waals surface area contributed by atoms with Gasteiger partial charge in [-0.05, 0) is 54.6 Å². The SMILES string of the molecule is O=C(COc1ccc2c(c1)O/C(=C\c1c(Cl)cccc1Cl)C2=O)c1ccc(F)cc1. The Morgan fingerprint density at radius 2 is 1.73 bits per heavy atom. The van der Waals surface area contributed by atoms with E-state index < -0.39 is 5.82 Å². The normalized spacial score (nSPS) is 13.8. The highest BCUT2D eigenvalue weighted by Gasteiger charge is 2.28. The summed E-state index contributed by atoms with van der Waals surface area (Å²) in [5, 5.41) is 0.788. The molecule has 0 unspecified atom stereocenters. The molecule has 0 saturated carbocycles. The lowest BCUT2D eigenvalue weighted by Gasteiger charge is -2.07.